The third kappa shape index (κ3) is 3.51. The molecule has 0 saturated heterocycles. The number of carboxylic acids is 1. The van der Waals surface area contributed by atoms with Gasteiger partial charge in [-0.25, -0.2) is 14.0 Å². The second kappa shape index (κ2) is 6.62. The van der Waals surface area contributed by atoms with Crippen LogP contribution in [-0.2, 0) is 14.4 Å². The first-order valence-corrected chi connectivity index (χ1v) is 5.48. The Morgan fingerprint density at radius 2 is 1.95 bits per heavy atom. The minimum atomic E-state index is -1.76. The van der Waals surface area contributed by atoms with E-state index in [0.717, 1.165) is 19.1 Å². The number of hydrogen-bond donors (Lipinski definition) is 2. The van der Waals surface area contributed by atoms with Crippen molar-refractivity contribution in [3.8, 4) is 0 Å². The molecule has 1 aromatic rings. The molecule has 7 nitrogen and oxygen atoms in total. The van der Waals surface area contributed by atoms with Crippen LogP contribution < -0.4 is 0 Å². The Morgan fingerprint density at radius 3 is 2.40 bits per heavy atom. The summed E-state index contributed by atoms with van der Waals surface area (Å²) in [6.45, 7) is -0.0142. The number of carboxylic acid groups (broad SMARTS) is 1. The quantitative estimate of drug-likeness (QED) is 0.765. The molecular formula is C12H12FNO6. The van der Waals surface area contributed by atoms with Crippen molar-refractivity contribution in [3.05, 3.63) is 35.6 Å². The van der Waals surface area contributed by atoms with E-state index in [1.807, 2.05) is 0 Å². The fourth-order valence-electron chi connectivity index (χ4n) is 1.37. The lowest BCUT2D eigenvalue weighted by atomic mass is 10.2. The van der Waals surface area contributed by atoms with E-state index >= 15 is 0 Å². The molecule has 0 bridgehead atoms. The molecule has 0 aliphatic heterocycles. The zero-order valence-corrected chi connectivity index (χ0v) is 10.4. The molecule has 0 aromatic heterocycles. The van der Waals surface area contributed by atoms with Crippen LogP contribution in [0.1, 0.15) is 17.3 Å². The number of amides is 1. The summed E-state index contributed by atoms with van der Waals surface area (Å²) in [7, 11) is 0. The van der Waals surface area contributed by atoms with Crippen molar-refractivity contribution in [3.63, 3.8) is 0 Å². The van der Waals surface area contributed by atoms with Gasteiger partial charge in [-0.15, -0.1) is 0 Å². The van der Waals surface area contributed by atoms with Crippen LogP contribution in [0.2, 0.25) is 0 Å². The molecular weight excluding hydrogens is 273 g/mol. The van der Waals surface area contributed by atoms with Gasteiger partial charge in [-0.2, -0.15) is 5.06 Å². The molecule has 0 heterocycles. The summed E-state index contributed by atoms with van der Waals surface area (Å²) in [5, 5.41) is 17.9. The van der Waals surface area contributed by atoms with Gasteiger partial charge in [0.05, 0.1) is 12.2 Å². The SMILES string of the molecule is CC(=O)N(OC(=O)c1ccccc1F)[C@@H](CO)C(=O)O. The van der Waals surface area contributed by atoms with Crippen molar-refractivity contribution in [2.45, 2.75) is 13.0 Å². The zero-order valence-electron chi connectivity index (χ0n) is 10.4. The van der Waals surface area contributed by atoms with E-state index in [9.17, 15) is 18.8 Å². The second-order valence-corrected chi connectivity index (χ2v) is 3.74. The number of aliphatic hydroxyl groups is 1. The summed E-state index contributed by atoms with van der Waals surface area (Å²) in [5.74, 6) is -4.60. The van der Waals surface area contributed by atoms with Crippen LogP contribution in [0.4, 0.5) is 4.39 Å². The molecule has 20 heavy (non-hydrogen) atoms. The highest BCUT2D eigenvalue weighted by Gasteiger charge is 2.31. The van der Waals surface area contributed by atoms with E-state index in [1.165, 1.54) is 12.1 Å². The maximum Gasteiger partial charge on any atom is 0.366 e. The zero-order chi connectivity index (χ0) is 15.3. The van der Waals surface area contributed by atoms with Crippen molar-refractivity contribution in [1.29, 1.82) is 0 Å². The number of halogens is 1. The van der Waals surface area contributed by atoms with Gasteiger partial charge in [0.2, 0.25) is 0 Å². The number of hydrogen-bond acceptors (Lipinski definition) is 5. The topological polar surface area (TPSA) is 104 Å². The average Bonchev–Trinajstić information content (AvgIpc) is 2.38. The molecule has 1 atom stereocenters. The van der Waals surface area contributed by atoms with Gasteiger partial charge >= 0.3 is 11.9 Å². The fraction of sp³-hybridized carbons (Fsp3) is 0.250. The lowest BCUT2D eigenvalue weighted by Crippen LogP contribution is -2.47. The molecule has 2 N–H and O–H groups in total. The Labute approximate surface area is 113 Å². The summed E-state index contributed by atoms with van der Waals surface area (Å²) < 4.78 is 13.4. The highest BCUT2D eigenvalue weighted by atomic mass is 19.1. The van der Waals surface area contributed by atoms with Crippen LogP contribution in [0.5, 0.6) is 0 Å². The predicted molar refractivity (Wildman–Crippen MR) is 62.8 cm³/mol. The number of carbonyl (C=O) groups excluding carboxylic acids is 2. The summed E-state index contributed by atoms with van der Waals surface area (Å²) in [6, 6.07) is 3.09. The third-order valence-electron chi connectivity index (χ3n) is 2.33. The van der Waals surface area contributed by atoms with Crippen molar-refractivity contribution in [2.75, 3.05) is 6.61 Å². The monoisotopic (exact) mass is 285 g/mol. The number of rotatable bonds is 4. The number of aliphatic hydroxyl groups excluding tert-OH is 1. The number of nitrogens with zero attached hydrogens (tertiary/aromatic N) is 1. The Morgan fingerprint density at radius 1 is 1.35 bits per heavy atom. The Hall–Kier alpha value is -2.48. The van der Waals surface area contributed by atoms with Gasteiger partial charge in [0.25, 0.3) is 5.91 Å². The van der Waals surface area contributed by atoms with Crippen LogP contribution in [0.3, 0.4) is 0 Å². The van der Waals surface area contributed by atoms with Crippen molar-refractivity contribution in [1.82, 2.24) is 5.06 Å². The Bertz CT molecular complexity index is 532. The first kappa shape index (κ1) is 15.6. The predicted octanol–water partition coefficient (Wildman–Crippen LogP) is 0.192. The summed E-state index contributed by atoms with van der Waals surface area (Å²) >= 11 is 0. The lowest BCUT2D eigenvalue weighted by molar-refractivity contribution is -0.188. The van der Waals surface area contributed by atoms with Crippen LogP contribution in [0, 0.1) is 5.82 Å². The number of hydroxylamine groups is 2. The van der Waals surface area contributed by atoms with Gasteiger partial charge in [-0.1, -0.05) is 12.1 Å². The minimum absolute atomic E-state index is 0.192. The van der Waals surface area contributed by atoms with Gasteiger partial charge in [0.1, 0.15) is 5.82 Å². The second-order valence-electron chi connectivity index (χ2n) is 3.74. The smallest absolute Gasteiger partial charge is 0.366 e. The molecule has 0 aliphatic carbocycles. The van der Waals surface area contributed by atoms with Crippen LogP contribution in [0.25, 0.3) is 0 Å². The van der Waals surface area contributed by atoms with Crippen LogP contribution >= 0.6 is 0 Å². The molecule has 0 unspecified atom stereocenters. The summed E-state index contributed by atoms with van der Waals surface area (Å²) in [5.41, 5.74) is -0.458. The van der Waals surface area contributed by atoms with Crippen LogP contribution in [0.15, 0.2) is 24.3 Å². The van der Waals surface area contributed by atoms with Crippen molar-refractivity contribution < 1.29 is 33.8 Å². The molecule has 8 heteroatoms. The van der Waals surface area contributed by atoms with Gasteiger partial charge in [-0.05, 0) is 12.1 Å². The molecule has 1 amide bonds. The standard InChI is InChI=1S/C12H12FNO6/c1-7(16)14(10(6-15)11(17)18)20-12(19)8-4-2-3-5-9(8)13/h2-5,10,15H,6H2,1H3,(H,17,18)/t10-/m0/s1. The maximum absolute atomic E-state index is 13.4. The van der Waals surface area contributed by atoms with E-state index in [0.29, 0.717) is 0 Å². The number of carbonyl (C=O) groups is 3. The molecule has 1 rings (SSSR count). The molecule has 0 saturated carbocycles. The van der Waals surface area contributed by atoms with Crippen molar-refractivity contribution in [2.24, 2.45) is 0 Å². The van der Waals surface area contributed by atoms with E-state index in [2.05, 4.69) is 4.84 Å². The number of benzene rings is 1. The fourth-order valence-corrected chi connectivity index (χ4v) is 1.37. The Kier molecular flexibility index (Phi) is 5.15. The van der Waals surface area contributed by atoms with Crippen molar-refractivity contribution >= 4 is 17.8 Å². The molecule has 0 aliphatic rings. The van der Waals surface area contributed by atoms with Gasteiger partial charge in [-0.3, -0.25) is 4.79 Å². The molecule has 1 aromatic carbocycles. The molecule has 0 radical (unpaired) electrons. The van der Waals surface area contributed by atoms with Gasteiger partial charge in [0.15, 0.2) is 6.04 Å². The van der Waals surface area contributed by atoms with E-state index < -0.39 is 41.9 Å². The third-order valence-corrected chi connectivity index (χ3v) is 2.33. The normalized spacial score (nSPS) is 11.6. The molecule has 0 spiro atoms. The highest BCUT2D eigenvalue weighted by molar-refractivity contribution is 5.91. The average molecular weight is 285 g/mol. The van der Waals surface area contributed by atoms with E-state index in [4.69, 9.17) is 10.2 Å². The van der Waals surface area contributed by atoms with Gasteiger partial charge in [0, 0.05) is 6.92 Å². The van der Waals surface area contributed by atoms with E-state index in [-0.39, 0.29) is 5.06 Å². The maximum atomic E-state index is 13.4. The Balaban J connectivity index is 2.97. The van der Waals surface area contributed by atoms with Gasteiger partial charge < -0.3 is 15.1 Å². The molecule has 0 fully saturated rings. The largest absolute Gasteiger partial charge is 0.480 e. The number of aliphatic carboxylic acids is 1. The summed E-state index contributed by atoms with van der Waals surface area (Å²) in [6.07, 6.45) is 0. The van der Waals surface area contributed by atoms with Crippen LogP contribution in [-0.4, -0.2) is 45.8 Å². The highest BCUT2D eigenvalue weighted by Crippen LogP contribution is 2.11. The summed E-state index contributed by atoms with van der Waals surface area (Å²) in [4.78, 5) is 38.4. The first-order chi connectivity index (χ1) is 9.38. The first-order valence-electron chi connectivity index (χ1n) is 5.48. The van der Waals surface area contributed by atoms with E-state index in [1.54, 1.807) is 0 Å². The minimum Gasteiger partial charge on any atom is -0.480 e. The lowest BCUT2D eigenvalue weighted by Gasteiger charge is -2.24. The molecule has 108 valence electrons.